The number of para-hydroxylation sites is 1. The van der Waals surface area contributed by atoms with E-state index < -0.39 is 5.79 Å². The standard InChI is InChI=1S/C29H33N5O3S/c1-17-23(27-32-20-12-8-9-13-22(20)38-27)26(33-28(30-17)34(4)15-18-10-6-5-7-11-18)31-21-14-19(16-35)24-25(21)37-29(2,3)36-24/h5-13,19,21,24-25,35H,14-16H2,1-4H3,(H,30,31,33)/t19-,21-,24-,25+/m1/s1. The maximum atomic E-state index is 10.1. The highest BCUT2D eigenvalue weighted by Crippen LogP contribution is 2.44. The molecule has 9 heteroatoms. The van der Waals surface area contributed by atoms with Gasteiger partial charge in [-0.1, -0.05) is 42.5 Å². The largest absolute Gasteiger partial charge is 0.396 e. The lowest BCUT2D eigenvalue weighted by Gasteiger charge is -2.26. The number of rotatable bonds is 7. The highest BCUT2D eigenvalue weighted by atomic mass is 32.1. The van der Waals surface area contributed by atoms with Crippen LogP contribution in [0.25, 0.3) is 20.8 Å². The number of aliphatic hydroxyl groups is 1. The van der Waals surface area contributed by atoms with Crippen LogP contribution in [0.3, 0.4) is 0 Å². The van der Waals surface area contributed by atoms with Crippen molar-refractivity contribution in [3.05, 3.63) is 65.9 Å². The molecule has 2 aromatic carbocycles. The maximum Gasteiger partial charge on any atom is 0.227 e. The third kappa shape index (κ3) is 4.75. The molecule has 38 heavy (non-hydrogen) atoms. The molecule has 0 spiro atoms. The molecule has 0 bridgehead atoms. The monoisotopic (exact) mass is 531 g/mol. The Hall–Kier alpha value is -3.11. The summed E-state index contributed by atoms with van der Waals surface area (Å²) < 4.78 is 13.6. The topological polar surface area (TPSA) is 92.6 Å². The van der Waals surface area contributed by atoms with Crippen LogP contribution >= 0.6 is 11.3 Å². The van der Waals surface area contributed by atoms with Crippen LogP contribution in [0.4, 0.5) is 11.8 Å². The first kappa shape index (κ1) is 25.2. The van der Waals surface area contributed by atoms with Crippen LogP contribution in [0.1, 0.15) is 31.5 Å². The van der Waals surface area contributed by atoms with Gasteiger partial charge in [0.2, 0.25) is 5.95 Å². The van der Waals surface area contributed by atoms with Gasteiger partial charge in [0, 0.05) is 26.1 Å². The number of fused-ring (bicyclic) bond motifs is 2. The van der Waals surface area contributed by atoms with Gasteiger partial charge in [0.25, 0.3) is 0 Å². The van der Waals surface area contributed by atoms with Crippen LogP contribution in [0.5, 0.6) is 0 Å². The molecule has 1 aliphatic heterocycles. The lowest BCUT2D eigenvalue weighted by molar-refractivity contribution is -0.158. The summed E-state index contributed by atoms with van der Waals surface area (Å²) >= 11 is 1.64. The molecule has 2 aromatic heterocycles. The number of nitrogens with zero attached hydrogens (tertiary/aromatic N) is 4. The highest BCUT2D eigenvalue weighted by molar-refractivity contribution is 7.21. The van der Waals surface area contributed by atoms with E-state index in [1.165, 1.54) is 5.56 Å². The minimum Gasteiger partial charge on any atom is -0.396 e. The lowest BCUT2D eigenvalue weighted by Crippen LogP contribution is -2.35. The Kier molecular flexibility index (Phi) is 6.55. The molecule has 4 aromatic rings. The molecule has 0 unspecified atom stereocenters. The lowest BCUT2D eigenvalue weighted by atomic mass is 10.1. The van der Waals surface area contributed by atoms with Gasteiger partial charge in [-0.3, -0.25) is 0 Å². The molecule has 1 aliphatic carbocycles. The number of aliphatic hydroxyl groups excluding tert-OH is 1. The Bertz CT molecular complexity index is 1410. The Morgan fingerprint density at radius 3 is 2.53 bits per heavy atom. The normalized spacial score (nSPS) is 24.0. The van der Waals surface area contributed by atoms with Crippen LogP contribution in [0.2, 0.25) is 0 Å². The fourth-order valence-electron chi connectivity index (χ4n) is 5.58. The number of hydrogen-bond acceptors (Lipinski definition) is 9. The third-order valence-electron chi connectivity index (χ3n) is 7.33. The average molecular weight is 532 g/mol. The quantitative estimate of drug-likeness (QED) is 0.344. The van der Waals surface area contributed by atoms with E-state index in [0.29, 0.717) is 12.5 Å². The zero-order chi connectivity index (χ0) is 26.4. The number of aromatic nitrogens is 3. The maximum absolute atomic E-state index is 10.1. The second-order valence-corrected chi connectivity index (χ2v) is 11.7. The molecule has 0 radical (unpaired) electrons. The van der Waals surface area contributed by atoms with Crippen LogP contribution in [0, 0.1) is 12.8 Å². The summed E-state index contributed by atoms with van der Waals surface area (Å²) in [6.07, 6.45) is 0.368. The van der Waals surface area contributed by atoms with E-state index in [4.69, 9.17) is 24.4 Å². The van der Waals surface area contributed by atoms with E-state index in [1.807, 2.05) is 64.2 Å². The second kappa shape index (κ2) is 9.89. The Balaban J connectivity index is 1.40. The van der Waals surface area contributed by atoms with Gasteiger partial charge >= 0.3 is 0 Å². The number of ether oxygens (including phenoxy) is 2. The number of hydrogen-bond donors (Lipinski definition) is 2. The van der Waals surface area contributed by atoms with Crippen molar-refractivity contribution in [2.75, 3.05) is 23.9 Å². The minimum atomic E-state index is -0.693. The molecule has 2 N–H and O–H groups in total. The molecule has 2 aliphatic rings. The van der Waals surface area contributed by atoms with Crippen LogP contribution in [-0.2, 0) is 16.0 Å². The smallest absolute Gasteiger partial charge is 0.227 e. The molecule has 6 rings (SSSR count). The van der Waals surface area contributed by atoms with Gasteiger partial charge < -0.3 is 24.8 Å². The Morgan fingerprint density at radius 2 is 1.76 bits per heavy atom. The van der Waals surface area contributed by atoms with E-state index in [9.17, 15) is 5.11 Å². The minimum absolute atomic E-state index is 0.00617. The predicted octanol–water partition coefficient (Wildman–Crippen LogP) is 5.01. The first-order valence-corrected chi connectivity index (χ1v) is 13.9. The van der Waals surface area contributed by atoms with Gasteiger partial charge in [0.15, 0.2) is 5.79 Å². The van der Waals surface area contributed by atoms with Gasteiger partial charge in [0.1, 0.15) is 16.9 Å². The van der Waals surface area contributed by atoms with Crippen molar-refractivity contribution in [3.8, 4) is 10.6 Å². The van der Waals surface area contributed by atoms with Gasteiger partial charge in [-0.15, -0.1) is 11.3 Å². The summed E-state index contributed by atoms with van der Waals surface area (Å²) in [5.74, 6) is 0.660. The first-order valence-electron chi connectivity index (χ1n) is 13.0. The summed E-state index contributed by atoms with van der Waals surface area (Å²) in [4.78, 5) is 17.0. The van der Waals surface area contributed by atoms with Gasteiger partial charge in [-0.05, 0) is 44.9 Å². The molecule has 1 saturated heterocycles. The van der Waals surface area contributed by atoms with Crippen molar-refractivity contribution in [2.24, 2.45) is 5.92 Å². The van der Waals surface area contributed by atoms with Crippen LogP contribution in [-0.4, -0.2) is 57.7 Å². The number of thiazole rings is 1. The number of aryl methyl sites for hydroxylation is 1. The molecular formula is C29H33N5O3S. The Labute approximate surface area is 226 Å². The fraction of sp³-hybridized carbons (Fsp3) is 0.414. The molecular weight excluding hydrogens is 498 g/mol. The molecule has 1 saturated carbocycles. The number of anilines is 2. The van der Waals surface area contributed by atoms with E-state index in [1.54, 1.807) is 11.3 Å². The van der Waals surface area contributed by atoms with Crippen molar-refractivity contribution < 1.29 is 14.6 Å². The van der Waals surface area contributed by atoms with E-state index in [0.717, 1.165) is 38.7 Å². The second-order valence-electron chi connectivity index (χ2n) is 10.7. The molecule has 4 atom stereocenters. The van der Waals surface area contributed by atoms with Gasteiger partial charge in [-0.25, -0.2) is 9.97 Å². The van der Waals surface area contributed by atoms with E-state index in [-0.39, 0.29) is 30.8 Å². The van der Waals surface area contributed by atoms with E-state index in [2.05, 4.69) is 28.4 Å². The summed E-state index contributed by atoms with van der Waals surface area (Å²) in [7, 11) is 2.01. The molecule has 198 valence electrons. The average Bonchev–Trinajstić information content (AvgIpc) is 3.55. The predicted molar refractivity (Wildman–Crippen MR) is 150 cm³/mol. The zero-order valence-corrected chi connectivity index (χ0v) is 22.9. The molecule has 2 fully saturated rings. The van der Waals surface area contributed by atoms with Crippen LogP contribution < -0.4 is 10.2 Å². The first-order chi connectivity index (χ1) is 18.3. The highest BCUT2D eigenvalue weighted by Gasteiger charge is 2.54. The summed E-state index contributed by atoms with van der Waals surface area (Å²) in [5, 5.41) is 14.7. The summed E-state index contributed by atoms with van der Waals surface area (Å²) in [6.45, 7) is 6.60. The van der Waals surface area contributed by atoms with Crippen molar-refractivity contribution >= 4 is 33.3 Å². The van der Waals surface area contributed by atoms with Crippen molar-refractivity contribution in [3.63, 3.8) is 0 Å². The zero-order valence-electron chi connectivity index (χ0n) is 22.1. The number of benzene rings is 2. The van der Waals surface area contributed by atoms with Crippen molar-refractivity contribution in [1.29, 1.82) is 0 Å². The van der Waals surface area contributed by atoms with E-state index >= 15 is 0 Å². The summed E-state index contributed by atoms with van der Waals surface area (Å²) in [5.41, 5.74) is 3.89. The Morgan fingerprint density at radius 1 is 1.03 bits per heavy atom. The third-order valence-corrected chi connectivity index (χ3v) is 8.38. The van der Waals surface area contributed by atoms with Crippen LogP contribution in [0.15, 0.2) is 54.6 Å². The SMILES string of the molecule is Cc1nc(N(C)Cc2ccccc2)nc(N[C@@H]2C[C@H](CO)[C@H]3OC(C)(C)O[C@H]32)c1-c1nc2ccccc2s1. The summed E-state index contributed by atoms with van der Waals surface area (Å²) in [6, 6.07) is 18.4. The molecule has 3 heterocycles. The van der Waals surface area contributed by atoms with Gasteiger partial charge in [0.05, 0.1) is 33.6 Å². The molecule has 0 amide bonds. The molecule has 8 nitrogen and oxygen atoms in total. The van der Waals surface area contributed by atoms with Crippen molar-refractivity contribution in [2.45, 2.75) is 57.8 Å². The van der Waals surface area contributed by atoms with Gasteiger partial charge in [-0.2, -0.15) is 4.98 Å². The fourth-order valence-corrected chi connectivity index (χ4v) is 6.64. The number of nitrogens with one attached hydrogen (secondary N) is 1. The van der Waals surface area contributed by atoms with Crippen molar-refractivity contribution in [1.82, 2.24) is 15.0 Å².